The number of carbonyl (C=O) groups is 1. The number of carbonyl (C=O) groups excluding carboxylic acids is 1. The number of ether oxygens (including phenoxy) is 2. The smallest absolute Gasteiger partial charge is 0.341 e. The number of hydrogen-bond donors (Lipinski definition) is 0. The summed E-state index contributed by atoms with van der Waals surface area (Å²) in [5.74, 6) is -0.724. The van der Waals surface area contributed by atoms with E-state index >= 15 is 0 Å². The summed E-state index contributed by atoms with van der Waals surface area (Å²) in [6.45, 7) is -0.0503. The van der Waals surface area contributed by atoms with Crippen molar-refractivity contribution in [2.45, 2.75) is 6.61 Å². The quantitative estimate of drug-likeness (QED) is 0.589. The molecule has 0 spiro atoms. The lowest BCUT2D eigenvalue weighted by molar-refractivity contribution is 0.0463. The zero-order valence-corrected chi connectivity index (χ0v) is 14.7. The first kappa shape index (κ1) is 17.4. The van der Waals surface area contributed by atoms with Crippen LogP contribution in [0.3, 0.4) is 0 Å². The molecule has 3 aromatic rings. The highest BCUT2D eigenvalue weighted by Crippen LogP contribution is 2.27. The van der Waals surface area contributed by atoms with E-state index in [1.165, 1.54) is 23.5 Å². The molecule has 1 aromatic heterocycles. The molecule has 0 saturated heterocycles. The second-order valence-electron chi connectivity index (χ2n) is 5.08. The van der Waals surface area contributed by atoms with Gasteiger partial charge in [-0.05, 0) is 30.3 Å². The summed E-state index contributed by atoms with van der Waals surface area (Å²) in [5.41, 5.74) is 1.29. The van der Waals surface area contributed by atoms with Crippen molar-refractivity contribution in [2.75, 3.05) is 7.11 Å². The van der Waals surface area contributed by atoms with Crippen molar-refractivity contribution in [3.05, 3.63) is 69.9 Å². The van der Waals surface area contributed by atoms with E-state index in [0.29, 0.717) is 5.69 Å². The van der Waals surface area contributed by atoms with Gasteiger partial charge >= 0.3 is 5.97 Å². The maximum atomic E-state index is 13.7. The summed E-state index contributed by atoms with van der Waals surface area (Å²) in [5, 5.41) is 2.83. The van der Waals surface area contributed by atoms with Gasteiger partial charge in [-0.3, -0.25) is 0 Å². The lowest BCUT2D eigenvalue weighted by Gasteiger charge is -2.04. The monoisotopic (exact) mass is 377 g/mol. The maximum Gasteiger partial charge on any atom is 0.341 e. The molecule has 0 radical (unpaired) electrons. The van der Waals surface area contributed by atoms with Crippen LogP contribution in [0.4, 0.5) is 4.39 Å². The van der Waals surface area contributed by atoms with Crippen LogP contribution in [0.5, 0.6) is 5.75 Å². The molecule has 1 heterocycles. The molecule has 0 N–H and O–H groups in total. The number of rotatable bonds is 5. The first-order chi connectivity index (χ1) is 12.1. The van der Waals surface area contributed by atoms with Gasteiger partial charge in [0.05, 0.1) is 18.4 Å². The van der Waals surface area contributed by atoms with Crippen LogP contribution in [0, 0.1) is 5.82 Å². The summed E-state index contributed by atoms with van der Waals surface area (Å²) < 4.78 is 24.0. The Kier molecular flexibility index (Phi) is 5.31. The Morgan fingerprint density at radius 3 is 2.92 bits per heavy atom. The van der Waals surface area contributed by atoms with E-state index in [2.05, 4.69) is 4.98 Å². The van der Waals surface area contributed by atoms with Crippen molar-refractivity contribution in [2.24, 2.45) is 0 Å². The fourth-order valence-electron chi connectivity index (χ4n) is 2.13. The fourth-order valence-corrected chi connectivity index (χ4v) is 3.11. The highest BCUT2D eigenvalue weighted by atomic mass is 35.5. The second-order valence-corrected chi connectivity index (χ2v) is 6.37. The summed E-state index contributed by atoms with van der Waals surface area (Å²) >= 11 is 7.20. The topological polar surface area (TPSA) is 48.4 Å². The van der Waals surface area contributed by atoms with Crippen molar-refractivity contribution >= 4 is 28.9 Å². The molecule has 3 rings (SSSR count). The third-order valence-electron chi connectivity index (χ3n) is 3.37. The van der Waals surface area contributed by atoms with Crippen molar-refractivity contribution in [3.63, 3.8) is 0 Å². The van der Waals surface area contributed by atoms with E-state index < -0.39 is 11.8 Å². The molecule has 4 nitrogen and oxygen atoms in total. The largest absolute Gasteiger partial charge is 0.497 e. The number of nitrogens with zero attached hydrogens (tertiary/aromatic N) is 1. The van der Waals surface area contributed by atoms with Gasteiger partial charge in [-0.1, -0.05) is 23.7 Å². The molecular formula is C18H13ClFNO3S. The molecule has 25 heavy (non-hydrogen) atoms. The van der Waals surface area contributed by atoms with Crippen LogP contribution in [0.2, 0.25) is 5.02 Å². The average molecular weight is 378 g/mol. The minimum absolute atomic E-state index is 0.0503. The third-order valence-corrected chi connectivity index (χ3v) is 4.54. The van der Waals surface area contributed by atoms with E-state index in [4.69, 9.17) is 21.1 Å². The summed E-state index contributed by atoms with van der Waals surface area (Å²) in [6.07, 6.45) is 0. The summed E-state index contributed by atoms with van der Waals surface area (Å²) in [6, 6.07) is 11.2. The molecule has 0 unspecified atom stereocenters. The van der Waals surface area contributed by atoms with E-state index in [1.54, 1.807) is 12.5 Å². The second kappa shape index (κ2) is 7.63. The molecule has 0 fully saturated rings. The summed E-state index contributed by atoms with van der Waals surface area (Å²) in [4.78, 5) is 16.4. The number of thiazole rings is 1. The minimum Gasteiger partial charge on any atom is -0.497 e. The normalized spacial score (nSPS) is 10.5. The van der Waals surface area contributed by atoms with Gasteiger partial charge in [0.25, 0.3) is 0 Å². The zero-order chi connectivity index (χ0) is 17.8. The minimum atomic E-state index is -0.782. The van der Waals surface area contributed by atoms with Gasteiger partial charge in [0.2, 0.25) is 0 Å². The number of methoxy groups -OCH3 is 1. The Balaban J connectivity index is 1.69. The maximum absolute atomic E-state index is 13.7. The van der Waals surface area contributed by atoms with Gasteiger partial charge < -0.3 is 9.47 Å². The standard InChI is InChI=1S/C18H13ClFNO3S/c1-23-14-4-2-3-11(7-14)17-21-13(10-25-17)9-24-18(22)15-8-12(19)5-6-16(15)20/h2-8,10H,9H2,1H3. The van der Waals surface area contributed by atoms with Crippen LogP contribution in [0.25, 0.3) is 10.6 Å². The molecule has 128 valence electrons. The lowest BCUT2D eigenvalue weighted by Crippen LogP contribution is -2.07. The molecular weight excluding hydrogens is 365 g/mol. The van der Waals surface area contributed by atoms with Crippen LogP contribution < -0.4 is 4.74 Å². The predicted octanol–water partition coefficient (Wildman–Crippen LogP) is 4.97. The van der Waals surface area contributed by atoms with Crippen LogP contribution in [-0.4, -0.2) is 18.1 Å². The fraction of sp³-hybridized carbons (Fsp3) is 0.111. The Morgan fingerprint density at radius 1 is 1.28 bits per heavy atom. The SMILES string of the molecule is COc1cccc(-c2nc(COC(=O)c3cc(Cl)ccc3F)cs2)c1. The highest BCUT2D eigenvalue weighted by molar-refractivity contribution is 7.13. The van der Waals surface area contributed by atoms with Crippen molar-refractivity contribution < 1.29 is 18.7 Å². The van der Waals surface area contributed by atoms with Gasteiger partial charge in [-0.2, -0.15) is 0 Å². The van der Waals surface area contributed by atoms with Crippen LogP contribution >= 0.6 is 22.9 Å². The van der Waals surface area contributed by atoms with E-state index in [0.717, 1.165) is 22.4 Å². The molecule has 0 bridgehead atoms. The van der Waals surface area contributed by atoms with Gasteiger partial charge in [0.15, 0.2) is 0 Å². The predicted molar refractivity (Wildman–Crippen MR) is 94.6 cm³/mol. The Morgan fingerprint density at radius 2 is 2.12 bits per heavy atom. The number of benzene rings is 2. The van der Waals surface area contributed by atoms with Gasteiger partial charge in [0, 0.05) is 16.0 Å². The third kappa shape index (κ3) is 4.15. The molecule has 0 atom stereocenters. The number of aromatic nitrogens is 1. The summed E-state index contributed by atoms with van der Waals surface area (Å²) in [7, 11) is 1.60. The van der Waals surface area contributed by atoms with Crippen LogP contribution in [0.1, 0.15) is 16.1 Å². The van der Waals surface area contributed by atoms with Crippen molar-refractivity contribution in [1.29, 1.82) is 0 Å². The molecule has 7 heteroatoms. The molecule has 0 aliphatic rings. The molecule has 0 amide bonds. The molecule has 0 saturated carbocycles. The Labute approximate surface area is 152 Å². The molecule has 0 aliphatic heterocycles. The van der Waals surface area contributed by atoms with Gasteiger partial charge in [-0.25, -0.2) is 14.2 Å². The molecule has 0 aliphatic carbocycles. The first-order valence-corrected chi connectivity index (χ1v) is 8.53. The Hall–Kier alpha value is -2.44. The Bertz CT molecular complexity index is 913. The van der Waals surface area contributed by atoms with Crippen molar-refractivity contribution in [3.8, 4) is 16.3 Å². The van der Waals surface area contributed by atoms with Crippen molar-refractivity contribution in [1.82, 2.24) is 4.98 Å². The van der Waals surface area contributed by atoms with E-state index in [9.17, 15) is 9.18 Å². The van der Waals surface area contributed by atoms with E-state index in [-0.39, 0.29) is 17.2 Å². The lowest BCUT2D eigenvalue weighted by atomic mass is 10.2. The highest BCUT2D eigenvalue weighted by Gasteiger charge is 2.15. The average Bonchev–Trinajstić information content (AvgIpc) is 3.11. The van der Waals surface area contributed by atoms with Gasteiger partial charge in [0.1, 0.15) is 23.2 Å². The number of hydrogen-bond acceptors (Lipinski definition) is 5. The zero-order valence-electron chi connectivity index (χ0n) is 13.2. The van der Waals surface area contributed by atoms with E-state index in [1.807, 2.05) is 24.3 Å². The van der Waals surface area contributed by atoms with Crippen LogP contribution in [-0.2, 0) is 11.3 Å². The van der Waals surface area contributed by atoms with Gasteiger partial charge in [-0.15, -0.1) is 11.3 Å². The van der Waals surface area contributed by atoms with Crippen LogP contribution in [0.15, 0.2) is 47.8 Å². The first-order valence-electron chi connectivity index (χ1n) is 7.28. The number of halogens is 2. The molecule has 2 aromatic carbocycles. The number of esters is 1.